The van der Waals surface area contributed by atoms with Crippen LogP contribution in [0.2, 0.25) is 0 Å². The van der Waals surface area contributed by atoms with Gasteiger partial charge < -0.3 is 10.2 Å². The van der Waals surface area contributed by atoms with Crippen LogP contribution in [-0.2, 0) is 0 Å². The van der Waals surface area contributed by atoms with Crippen molar-refractivity contribution in [3.63, 3.8) is 0 Å². The molecular weight excluding hydrogens is 308 g/mol. The molecule has 0 saturated heterocycles. The van der Waals surface area contributed by atoms with Crippen molar-refractivity contribution in [1.82, 2.24) is 10.2 Å². The first-order valence-electron chi connectivity index (χ1n) is 9.84. The molecule has 142 valence electrons. The van der Waals surface area contributed by atoms with E-state index in [4.69, 9.17) is 0 Å². The first kappa shape index (κ1) is 21.6. The van der Waals surface area contributed by atoms with Crippen molar-refractivity contribution in [2.45, 2.75) is 59.8 Å². The molecule has 0 spiro atoms. The Balaban J connectivity index is 2.79. The standard InChI is InChI=1S/C21H38N4/c1-7-10-13-19(8-2)21(14-15-21)20(24-22-5)25(6)17-18(4)12-11-16-23-9-3/h7,10,13,18,23H,5,8-9,11-12,14-17H2,1-4,6H3/b10-7-,19-13+,24-20-. The van der Waals surface area contributed by atoms with Gasteiger partial charge in [0.2, 0.25) is 0 Å². The van der Waals surface area contributed by atoms with Gasteiger partial charge in [-0.15, -0.1) is 5.10 Å². The summed E-state index contributed by atoms with van der Waals surface area (Å²) < 4.78 is 0. The van der Waals surface area contributed by atoms with Crippen LogP contribution in [-0.4, -0.2) is 44.1 Å². The van der Waals surface area contributed by atoms with E-state index >= 15 is 0 Å². The Bertz CT molecular complexity index is 486. The molecule has 1 atom stereocenters. The van der Waals surface area contributed by atoms with E-state index in [9.17, 15) is 0 Å². The zero-order valence-electron chi connectivity index (χ0n) is 17.0. The second kappa shape index (κ2) is 11.2. The molecule has 1 saturated carbocycles. The Morgan fingerprint density at radius 3 is 2.60 bits per heavy atom. The van der Waals surface area contributed by atoms with Crippen LogP contribution in [0.3, 0.4) is 0 Å². The van der Waals surface area contributed by atoms with E-state index in [1.54, 1.807) is 0 Å². The van der Waals surface area contributed by atoms with Gasteiger partial charge in [-0.3, -0.25) is 0 Å². The van der Waals surface area contributed by atoms with E-state index in [1.165, 1.54) is 18.4 Å². The monoisotopic (exact) mass is 346 g/mol. The van der Waals surface area contributed by atoms with E-state index < -0.39 is 0 Å². The van der Waals surface area contributed by atoms with E-state index in [-0.39, 0.29) is 5.41 Å². The third-order valence-electron chi connectivity index (χ3n) is 5.08. The molecule has 4 nitrogen and oxygen atoms in total. The second-order valence-electron chi connectivity index (χ2n) is 7.20. The highest BCUT2D eigenvalue weighted by molar-refractivity contribution is 5.93. The fourth-order valence-corrected chi connectivity index (χ4v) is 3.64. The first-order valence-corrected chi connectivity index (χ1v) is 9.84. The largest absolute Gasteiger partial charge is 0.361 e. The Labute approximate surface area is 155 Å². The van der Waals surface area contributed by atoms with Gasteiger partial charge in [-0.05, 0) is 58.0 Å². The van der Waals surface area contributed by atoms with Crippen molar-refractivity contribution in [1.29, 1.82) is 0 Å². The van der Waals surface area contributed by atoms with E-state index in [1.807, 2.05) is 0 Å². The lowest BCUT2D eigenvalue weighted by molar-refractivity contribution is 0.363. The summed E-state index contributed by atoms with van der Waals surface area (Å²) in [7, 11) is 2.16. The topological polar surface area (TPSA) is 40.0 Å². The predicted molar refractivity (Wildman–Crippen MR) is 111 cm³/mol. The fraction of sp³-hybridized carbons (Fsp3) is 0.714. The van der Waals surface area contributed by atoms with E-state index in [0.717, 1.165) is 44.7 Å². The Kier molecular flexibility index (Phi) is 9.73. The zero-order chi connectivity index (χ0) is 18.7. The van der Waals surface area contributed by atoms with Crippen LogP contribution in [0.4, 0.5) is 0 Å². The van der Waals surface area contributed by atoms with Crippen LogP contribution in [0.5, 0.6) is 0 Å². The van der Waals surface area contributed by atoms with Gasteiger partial charge in [-0.2, -0.15) is 5.10 Å². The van der Waals surface area contributed by atoms with Crippen molar-refractivity contribution < 1.29 is 0 Å². The number of hydrogen-bond acceptors (Lipinski definition) is 3. The summed E-state index contributed by atoms with van der Waals surface area (Å²) in [6, 6.07) is 0. The minimum atomic E-state index is 0.0771. The van der Waals surface area contributed by atoms with Crippen LogP contribution in [0.15, 0.2) is 34.0 Å². The number of nitrogens with one attached hydrogen (secondary N) is 1. The quantitative estimate of drug-likeness (QED) is 0.184. The van der Waals surface area contributed by atoms with Crippen LogP contribution >= 0.6 is 0 Å². The third kappa shape index (κ3) is 6.43. The van der Waals surface area contributed by atoms with Gasteiger partial charge in [0, 0.05) is 20.3 Å². The molecule has 1 fully saturated rings. The van der Waals surface area contributed by atoms with Crippen molar-refractivity contribution >= 4 is 12.6 Å². The van der Waals surface area contributed by atoms with E-state index in [0.29, 0.717) is 5.92 Å². The molecular formula is C21H38N4. The third-order valence-corrected chi connectivity index (χ3v) is 5.08. The second-order valence-corrected chi connectivity index (χ2v) is 7.20. The highest BCUT2D eigenvalue weighted by atomic mass is 15.3. The average molecular weight is 347 g/mol. The summed E-state index contributed by atoms with van der Waals surface area (Å²) in [5, 5.41) is 11.8. The normalized spacial score (nSPS) is 18.4. The van der Waals surface area contributed by atoms with Crippen molar-refractivity contribution in [2.75, 3.05) is 26.7 Å². The summed E-state index contributed by atoms with van der Waals surface area (Å²) in [4.78, 5) is 2.32. The number of hydrogen-bond donors (Lipinski definition) is 1. The van der Waals surface area contributed by atoms with Gasteiger partial charge in [-0.25, -0.2) is 0 Å². The highest BCUT2D eigenvalue weighted by Gasteiger charge is 2.51. The smallest absolute Gasteiger partial charge is 0.137 e. The maximum atomic E-state index is 4.48. The van der Waals surface area contributed by atoms with Crippen LogP contribution in [0.25, 0.3) is 0 Å². The first-order chi connectivity index (χ1) is 12.1. The number of amidine groups is 1. The molecule has 4 heteroatoms. The highest BCUT2D eigenvalue weighted by Crippen LogP contribution is 2.54. The van der Waals surface area contributed by atoms with Crippen LogP contribution in [0.1, 0.15) is 59.8 Å². The molecule has 0 aliphatic heterocycles. The maximum absolute atomic E-state index is 4.48. The van der Waals surface area contributed by atoms with Gasteiger partial charge in [0.25, 0.3) is 0 Å². The summed E-state index contributed by atoms with van der Waals surface area (Å²) >= 11 is 0. The van der Waals surface area contributed by atoms with Crippen molar-refractivity contribution in [3.05, 3.63) is 23.8 Å². The molecule has 0 radical (unpaired) electrons. The summed E-state index contributed by atoms with van der Waals surface area (Å²) in [6.07, 6.45) is 12.3. The van der Waals surface area contributed by atoms with Crippen molar-refractivity contribution in [3.8, 4) is 0 Å². The maximum Gasteiger partial charge on any atom is 0.137 e. The molecule has 1 aliphatic rings. The molecule has 0 heterocycles. The molecule has 25 heavy (non-hydrogen) atoms. The molecule has 0 amide bonds. The lowest BCUT2D eigenvalue weighted by Gasteiger charge is -2.30. The van der Waals surface area contributed by atoms with Gasteiger partial charge in [-0.1, -0.05) is 44.6 Å². The van der Waals surface area contributed by atoms with Crippen molar-refractivity contribution in [2.24, 2.45) is 21.5 Å². The lowest BCUT2D eigenvalue weighted by Crippen LogP contribution is -2.38. The molecule has 0 aromatic rings. The lowest BCUT2D eigenvalue weighted by atomic mass is 9.90. The van der Waals surface area contributed by atoms with Gasteiger partial charge in [0.1, 0.15) is 5.84 Å². The van der Waals surface area contributed by atoms with Gasteiger partial charge in [0.15, 0.2) is 0 Å². The summed E-state index contributed by atoms with van der Waals surface area (Å²) in [5.74, 6) is 1.73. The van der Waals surface area contributed by atoms with Crippen LogP contribution < -0.4 is 5.32 Å². The SMILES string of the molecule is C=N/N=C(\N(C)CC(C)CCCNCC)C1(/C(=C/C=C\C)CC)CC1. The Hall–Kier alpha value is -1.42. The number of allylic oxidation sites excluding steroid dienone is 3. The molecule has 0 aromatic carbocycles. The zero-order valence-corrected chi connectivity index (χ0v) is 17.0. The molecule has 0 aromatic heterocycles. The Morgan fingerprint density at radius 1 is 1.36 bits per heavy atom. The summed E-state index contributed by atoms with van der Waals surface area (Å²) in [5.41, 5.74) is 1.54. The molecule has 0 bridgehead atoms. The van der Waals surface area contributed by atoms with Crippen LogP contribution in [0, 0.1) is 11.3 Å². The predicted octanol–water partition coefficient (Wildman–Crippen LogP) is 4.65. The van der Waals surface area contributed by atoms with E-state index in [2.05, 4.69) is 80.1 Å². The Morgan fingerprint density at radius 2 is 2.08 bits per heavy atom. The molecule has 1 rings (SSSR count). The fourth-order valence-electron chi connectivity index (χ4n) is 3.64. The number of rotatable bonds is 12. The van der Waals surface area contributed by atoms with Gasteiger partial charge in [0.05, 0.1) is 5.41 Å². The number of nitrogens with zero attached hydrogens (tertiary/aromatic N) is 3. The minimum Gasteiger partial charge on any atom is -0.361 e. The molecule has 1 N–H and O–H groups in total. The van der Waals surface area contributed by atoms with Gasteiger partial charge >= 0.3 is 0 Å². The average Bonchev–Trinajstić information content (AvgIpc) is 3.38. The summed E-state index contributed by atoms with van der Waals surface area (Å²) in [6.45, 7) is 15.6. The molecule has 1 aliphatic carbocycles. The molecule has 1 unspecified atom stereocenters. The minimum absolute atomic E-state index is 0.0771.